The maximum Gasteiger partial charge on any atom is 0.145 e. The number of rotatable bonds is 2. The van der Waals surface area contributed by atoms with Crippen LogP contribution in [0, 0.1) is 11.3 Å². The molecule has 0 aromatic heterocycles. The van der Waals surface area contributed by atoms with Gasteiger partial charge in [-0.1, -0.05) is 42.5 Å². The molecular weight excluding hydrogens is 234 g/mol. The number of benzene rings is 3. The first-order valence-corrected chi connectivity index (χ1v) is 6.02. The van der Waals surface area contributed by atoms with Crippen molar-refractivity contribution in [2.45, 2.75) is 0 Å². The van der Waals surface area contributed by atoms with Crippen LogP contribution in [0.4, 0.5) is 0 Å². The second kappa shape index (κ2) is 4.83. The van der Waals surface area contributed by atoms with E-state index in [4.69, 9.17) is 10.00 Å². The van der Waals surface area contributed by atoms with Crippen molar-refractivity contribution in [1.29, 1.82) is 5.26 Å². The third kappa shape index (κ3) is 2.27. The summed E-state index contributed by atoms with van der Waals surface area (Å²) in [4.78, 5) is 0. The van der Waals surface area contributed by atoms with Gasteiger partial charge in [0.05, 0.1) is 5.56 Å². The van der Waals surface area contributed by atoms with Gasteiger partial charge in [-0.3, -0.25) is 0 Å². The standard InChI is InChI=1S/C17H11NO/c18-12-15-7-3-4-8-17(15)19-16-10-9-13-5-1-2-6-14(13)11-16/h1-11H. The monoisotopic (exact) mass is 245 g/mol. The second-order valence-electron chi connectivity index (χ2n) is 4.22. The van der Waals surface area contributed by atoms with Crippen molar-refractivity contribution in [3.63, 3.8) is 0 Å². The van der Waals surface area contributed by atoms with Gasteiger partial charge in [0.15, 0.2) is 0 Å². The first-order valence-electron chi connectivity index (χ1n) is 6.02. The highest BCUT2D eigenvalue weighted by Crippen LogP contribution is 2.27. The molecule has 0 atom stereocenters. The number of ether oxygens (including phenoxy) is 1. The quantitative estimate of drug-likeness (QED) is 0.665. The highest BCUT2D eigenvalue weighted by atomic mass is 16.5. The van der Waals surface area contributed by atoms with Crippen molar-refractivity contribution in [2.24, 2.45) is 0 Å². The van der Waals surface area contributed by atoms with E-state index in [9.17, 15) is 0 Å². The fourth-order valence-corrected chi connectivity index (χ4v) is 2.01. The van der Waals surface area contributed by atoms with Crippen LogP contribution in [0.1, 0.15) is 5.56 Å². The van der Waals surface area contributed by atoms with Crippen LogP contribution in [-0.4, -0.2) is 0 Å². The number of hydrogen-bond acceptors (Lipinski definition) is 2. The molecule has 0 bridgehead atoms. The lowest BCUT2D eigenvalue weighted by atomic mass is 10.1. The minimum Gasteiger partial charge on any atom is -0.456 e. The van der Waals surface area contributed by atoms with Crippen molar-refractivity contribution in [3.05, 3.63) is 72.3 Å². The molecule has 0 heterocycles. The van der Waals surface area contributed by atoms with E-state index in [1.807, 2.05) is 48.5 Å². The normalized spacial score (nSPS) is 10.1. The van der Waals surface area contributed by atoms with E-state index in [2.05, 4.69) is 12.1 Å². The van der Waals surface area contributed by atoms with Crippen molar-refractivity contribution in [1.82, 2.24) is 0 Å². The van der Waals surface area contributed by atoms with Crippen LogP contribution in [0.2, 0.25) is 0 Å². The summed E-state index contributed by atoms with van der Waals surface area (Å²) in [5.41, 5.74) is 0.538. The third-order valence-corrected chi connectivity index (χ3v) is 2.96. The average Bonchev–Trinajstić information content (AvgIpc) is 2.48. The van der Waals surface area contributed by atoms with Crippen LogP contribution in [0.25, 0.3) is 10.8 Å². The first kappa shape index (κ1) is 11.3. The molecular formula is C17H11NO. The molecule has 0 unspecified atom stereocenters. The summed E-state index contributed by atoms with van der Waals surface area (Å²) >= 11 is 0. The molecule has 0 saturated heterocycles. The van der Waals surface area contributed by atoms with Crippen LogP contribution < -0.4 is 4.74 Å². The zero-order valence-corrected chi connectivity index (χ0v) is 10.2. The number of nitrogens with zero attached hydrogens (tertiary/aromatic N) is 1. The van der Waals surface area contributed by atoms with Gasteiger partial charge < -0.3 is 4.74 Å². The predicted octanol–water partition coefficient (Wildman–Crippen LogP) is 4.50. The van der Waals surface area contributed by atoms with Crippen LogP contribution in [0.15, 0.2) is 66.7 Å². The highest BCUT2D eigenvalue weighted by Gasteiger charge is 2.03. The lowest BCUT2D eigenvalue weighted by Gasteiger charge is -2.08. The van der Waals surface area contributed by atoms with Crippen molar-refractivity contribution in [2.75, 3.05) is 0 Å². The fourth-order valence-electron chi connectivity index (χ4n) is 2.01. The molecule has 0 aliphatic heterocycles. The summed E-state index contributed by atoms with van der Waals surface area (Å²) in [6, 6.07) is 23.4. The Morgan fingerprint density at radius 3 is 2.37 bits per heavy atom. The SMILES string of the molecule is N#Cc1ccccc1Oc1ccc2ccccc2c1. The van der Waals surface area contributed by atoms with E-state index in [0.29, 0.717) is 11.3 Å². The molecule has 0 radical (unpaired) electrons. The van der Waals surface area contributed by atoms with Crippen LogP contribution in [0.3, 0.4) is 0 Å². The Morgan fingerprint density at radius 2 is 1.53 bits per heavy atom. The maximum atomic E-state index is 9.04. The summed E-state index contributed by atoms with van der Waals surface area (Å²) < 4.78 is 5.79. The fraction of sp³-hybridized carbons (Fsp3) is 0. The Balaban J connectivity index is 1.99. The van der Waals surface area contributed by atoms with E-state index < -0.39 is 0 Å². The van der Waals surface area contributed by atoms with E-state index >= 15 is 0 Å². The molecule has 3 aromatic carbocycles. The van der Waals surface area contributed by atoms with E-state index in [1.54, 1.807) is 12.1 Å². The Bertz CT molecular complexity index is 771. The average molecular weight is 245 g/mol. The minimum absolute atomic E-state index is 0.538. The van der Waals surface area contributed by atoms with Gasteiger partial charge in [0.1, 0.15) is 17.6 Å². The van der Waals surface area contributed by atoms with Crippen LogP contribution >= 0.6 is 0 Å². The topological polar surface area (TPSA) is 33.0 Å². The van der Waals surface area contributed by atoms with Gasteiger partial charge in [0.25, 0.3) is 0 Å². The molecule has 0 spiro atoms. The molecule has 90 valence electrons. The Hall–Kier alpha value is -2.79. The Morgan fingerprint density at radius 1 is 0.789 bits per heavy atom. The highest BCUT2D eigenvalue weighted by molar-refractivity contribution is 5.83. The molecule has 2 heteroatoms. The van der Waals surface area contributed by atoms with Crippen LogP contribution in [-0.2, 0) is 0 Å². The summed E-state index contributed by atoms with van der Waals surface area (Å²) in [5, 5.41) is 11.3. The molecule has 3 aromatic rings. The summed E-state index contributed by atoms with van der Waals surface area (Å²) in [5.74, 6) is 1.32. The lowest BCUT2D eigenvalue weighted by molar-refractivity contribution is 0.482. The van der Waals surface area contributed by atoms with Crippen molar-refractivity contribution >= 4 is 10.8 Å². The Labute approximate surface area is 111 Å². The molecule has 0 N–H and O–H groups in total. The molecule has 0 aliphatic carbocycles. The number of fused-ring (bicyclic) bond motifs is 1. The van der Waals surface area contributed by atoms with Gasteiger partial charge in [-0.05, 0) is 35.0 Å². The Kier molecular flexibility index (Phi) is 2.88. The molecule has 0 saturated carbocycles. The number of hydrogen-bond donors (Lipinski definition) is 0. The maximum absolute atomic E-state index is 9.04. The van der Waals surface area contributed by atoms with E-state index in [-0.39, 0.29) is 0 Å². The molecule has 3 rings (SSSR count). The number of para-hydroxylation sites is 1. The van der Waals surface area contributed by atoms with Gasteiger partial charge >= 0.3 is 0 Å². The largest absolute Gasteiger partial charge is 0.456 e. The first-order chi connectivity index (χ1) is 9.36. The van der Waals surface area contributed by atoms with Gasteiger partial charge in [0, 0.05) is 0 Å². The van der Waals surface area contributed by atoms with Gasteiger partial charge in [-0.2, -0.15) is 5.26 Å². The molecule has 2 nitrogen and oxygen atoms in total. The summed E-state index contributed by atoms with van der Waals surface area (Å²) in [7, 11) is 0. The van der Waals surface area contributed by atoms with Crippen molar-refractivity contribution < 1.29 is 4.74 Å². The zero-order valence-electron chi connectivity index (χ0n) is 10.2. The zero-order chi connectivity index (χ0) is 13.1. The van der Waals surface area contributed by atoms with Crippen molar-refractivity contribution in [3.8, 4) is 17.6 Å². The number of nitriles is 1. The summed E-state index contributed by atoms with van der Waals surface area (Å²) in [6.45, 7) is 0. The van der Waals surface area contributed by atoms with Gasteiger partial charge in [-0.25, -0.2) is 0 Å². The lowest BCUT2D eigenvalue weighted by Crippen LogP contribution is -1.87. The van der Waals surface area contributed by atoms with E-state index in [0.717, 1.165) is 11.1 Å². The molecule has 0 fully saturated rings. The third-order valence-electron chi connectivity index (χ3n) is 2.96. The smallest absolute Gasteiger partial charge is 0.145 e. The van der Waals surface area contributed by atoms with Crippen LogP contribution in [0.5, 0.6) is 11.5 Å². The van der Waals surface area contributed by atoms with E-state index in [1.165, 1.54) is 5.39 Å². The summed E-state index contributed by atoms with van der Waals surface area (Å²) in [6.07, 6.45) is 0. The minimum atomic E-state index is 0.538. The van der Waals surface area contributed by atoms with Gasteiger partial charge in [0.2, 0.25) is 0 Å². The second-order valence-corrected chi connectivity index (χ2v) is 4.22. The molecule has 19 heavy (non-hydrogen) atoms. The molecule has 0 aliphatic rings. The molecule has 0 amide bonds. The van der Waals surface area contributed by atoms with Gasteiger partial charge in [-0.15, -0.1) is 0 Å². The predicted molar refractivity (Wildman–Crippen MR) is 75.2 cm³/mol.